The molecule has 7 heteroatoms. The van der Waals surface area contributed by atoms with Crippen LogP contribution in [0.2, 0.25) is 0 Å². The van der Waals surface area contributed by atoms with Crippen LogP contribution in [0.4, 0.5) is 0 Å². The molecule has 0 radical (unpaired) electrons. The molecule has 0 bridgehead atoms. The van der Waals surface area contributed by atoms with Gasteiger partial charge >= 0.3 is 0 Å². The number of rotatable bonds is 4. The van der Waals surface area contributed by atoms with Crippen molar-refractivity contribution in [3.05, 3.63) is 23.8 Å². The Morgan fingerprint density at radius 3 is 3.00 bits per heavy atom. The topological polar surface area (TPSA) is 92.4 Å². The number of nitrogens with zero attached hydrogens (tertiary/aromatic N) is 4. The largest absolute Gasteiger partial charge is 0.394 e. The Bertz CT molecular complexity index is 562. The van der Waals surface area contributed by atoms with Crippen molar-refractivity contribution in [1.82, 2.24) is 24.9 Å². The summed E-state index contributed by atoms with van der Waals surface area (Å²) >= 11 is 0. The van der Waals surface area contributed by atoms with Gasteiger partial charge in [0.2, 0.25) is 5.82 Å². The van der Waals surface area contributed by atoms with Crippen molar-refractivity contribution < 1.29 is 9.90 Å². The second-order valence-corrected chi connectivity index (χ2v) is 3.99. The van der Waals surface area contributed by atoms with Crippen molar-refractivity contribution in [2.45, 2.75) is 26.3 Å². The number of hydrogen-bond donors (Lipinski definition) is 2. The maximum absolute atomic E-state index is 11.9. The number of aliphatic hydroxyl groups excluding tert-OH is 1. The third kappa shape index (κ3) is 2.30. The number of aliphatic hydroxyl groups is 1. The zero-order valence-corrected chi connectivity index (χ0v) is 10.3. The summed E-state index contributed by atoms with van der Waals surface area (Å²) in [6.45, 7) is 3.63. The molecular weight excluding hydrogens is 234 g/mol. The summed E-state index contributed by atoms with van der Waals surface area (Å²) in [6, 6.07) is 1.50. The van der Waals surface area contributed by atoms with Crippen LogP contribution < -0.4 is 5.32 Å². The molecule has 0 unspecified atom stereocenters. The van der Waals surface area contributed by atoms with E-state index in [0.717, 1.165) is 5.69 Å². The highest BCUT2D eigenvalue weighted by molar-refractivity contribution is 5.91. The molecule has 0 fully saturated rings. The van der Waals surface area contributed by atoms with E-state index >= 15 is 0 Å². The van der Waals surface area contributed by atoms with Crippen LogP contribution in [0, 0.1) is 6.92 Å². The Labute approximate surface area is 104 Å². The van der Waals surface area contributed by atoms with E-state index in [0.29, 0.717) is 12.2 Å². The van der Waals surface area contributed by atoms with Crippen LogP contribution in [-0.2, 0) is 0 Å². The van der Waals surface area contributed by atoms with E-state index < -0.39 is 5.91 Å². The molecule has 0 aliphatic heterocycles. The van der Waals surface area contributed by atoms with Crippen molar-refractivity contribution in [3.63, 3.8) is 0 Å². The molecule has 2 aromatic heterocycles. The number of aryl methyl sites for hydroxylation is 1. The Morgan fingerprint density at radius 1 is 1.61 bits per heavy atom. The second kappa shape index (κ2) is 5.09. The fraction of sp³-hybridized carbons (Fsp3) is 0.455. The molecule has 0 aromatic carbocycles. The van der Waals surface area contributed by atoms with Crippen LogP contribution in [0.1, 0.15) is 29.7 Å². The highest BCUT2D eigenvalue weighted by Crippen LogP contribution is 2.02. The van der Waals surface area contributed by atoms with Gasteiger partial charge in [0.05, 0.1) is 12.6 Å². The number of fused-ring (bicyclic) bond motifs is 1. The number of carbonyl (C=O) groups excluding carboxylic acids is 1. The van der Waals surface area contributed by atoms with Crippen molar-refractivity contribution in [2.75, 3.05) is 6.61 Å². The minimum atomic E-state index is -0.402. The molecule has 0 aliphatic carbocycles. The molecule has 96 valence electrons. The standard InChI is InChI=1S/C11H15N5O2/c1-3-8(6-17)13-10(18)9-14-11-12-5-4-7(2)16(11)15-9/h4-5,8,17H,3,6H2,1-2H3,(H,13,18)/t8-/m0/s1. The molecule has 1 amide bonds. The van der Waals surface area contributed by atoms with Gasteiger partial charge in [-0.1, -0.05) is 6.92 Å². The molecule has 2 aromatic rings. The fourth-order valence-corrected chi connectivity index (χ4v) is 1.53. The van der Waals surface area contributed by atoms with Gasteiger partial charge in [-0.05, 0) is 19.4 Å². The van der Waals surface area contributed by atoms with Gasteiger partial charge in [-0.3, -0.25) is 4.79 Å². The normalized spacial score (nSPS) is 12.6. The molecule has 7 nitrogen and oxygen atoms in total. The molecule has 0 saturated heterocycles. The van der Waals surface area contributed by atoms with Crippen molar-refractivity contribution in [3.8, 4) is 0 Å². The van der Waals surface area contributed by atoms with Crippen LogP contribution >= 0.6 is 0 Å². The van der Waals surface area contributed by atoms with Crippen LogP contribution in [-0.4, -0.2) is 43.2 Å². The molecule has 0 spiro atoms. The summed E-state index contributed by atoms with van der Waals surface area (Å²) in [4.78, 5) is 19.9. The van der Waals surface area contributed by atoms with Crippen LogP contribution in [0.15, 0.2) is 12.3 Å². The quantitative estimate of drug-likeness (QED) is 0.791. The van der Waals surface area contributed by atoms with E-state index in [1.807, 2.05) is 13.8 Å². The zero-order chi connectivity index (χ0) is 13.1. The summed E-state index contributed by atoms with van der Waals surface area (Å²) < 4.78 is 1.51. The first-order valence-corrected chi connectivity index (χ1v) is 5.75. The van der Waals surface area contributed by atoms with Gasteiger partial charge in [-0.15, -0.1) is 5.10 Å². The van der Waals surface area contributed by atoms with Gasteiger partial charge in [0, 0.05) is 11.9 Å². The van der Waals surface area contributed by atoms with E-state index in [9.17, 15) is 4.79 Å². The maximum Gasteiger partial charge on any atom is 0.291 e. The first kappa shape index (κ1) is 12.4. The fourth-order valence-electron chi connectivity index (χ4n) is 1.53. The number of nitrogens with one attached hydrogen (secondary N) is 1. The molecule has 2 rings (SSSR count). The van der Waals surface area contributed by atoms with E-state index in [1.54, 1.807) is 12.3 Å². The lowest BCUT2D eigenvalue weighted by Crippen LogP contribution is -2.37. The lowest BCUT2D eigenvalue weighted by Gasteiger charge is -2.11. The summed E-state index contributed by atoms with van der Waals surface area (Å²) in [6.07, 6.45) is 2.26. The molecule has 1 atom stereocenters. The Balaban J connectivity index is 2.26. The monoisotopic (exact) mass is 249 g/mol. The molecular formula is C11H15N5O2. The van der Waals surface area contributed by atoms with Crippen molar-refractivity contribution in [2.24, 2.45) is 0 Å². The lowest BCUT2D eigenvalue weighted by atomic mass is 10.2. The summed E-state index contributed by atoms with van der Waals surface area (Å²) in [7, 11) is 0. The van der Waals surface area contributed by atoms with Crippen molar-refractivity contribution in [1.29, 1.82) is 0 Å². The minimum absolute atomic E-state index is 0.0590. The predicted octanol–water partition coefficient (Wildman–Crippen LogP) is -0.0666. The maximum atomic E-state index is 11.9. The van der Waals surface area contributed by atoms with Gasteiger partial charge < -0.3 is 10.4 Å². The SMILES string of the molecule is CC[C@@H](CO)NC(=O)c1nc2nccc(C)n2n1. The average molecular weight is 249 g/mol. The smallest absolute Gasteiger partial charge is 0.291 e. The van der Waals surface area contributed by atoms with Gasteiger partial charge in [-0.25, -0.2) is 9.50 Å². The van der Waals surface area contributed by atoms with Crippen LogP contribution in [0.25, 0.3) is 5.78 Å². The number of carbonyl (C=O) groups is 1. The summed E-state index contributed by atoms with van der Waals surface area (Å²) in [5.74, 6) is 0.0432. The van der Waals surface area contributed by atoms with Crippen molar-refractivity contribution >= 4 is 11.7 Å². The van der Waals surface area contributed by atoms with Crippen LogP contribution in [0.3, 0.4) is 0 Å². The predicted molar refractivity (Wildman–Crippen MR) is 64.2 cm³/mol. The van der Waals surface area contributed by atoms with E-state index in [4.69, 9.17) is 5.11 Å². The third-order valence-corrected chi connectivity index (χ3v) is 2.68. The molecule has 0 aliphatic rings. The Kier molecular flexibility index (Phi) is 3.52. The summed E-state index contributed by atoms with van der Waals surface area (Å²) in [5.41, 5.74) is 0.848. The third-order valence-electron chi connectivity index (χ3n) is 2.68. The zero-order valence-electron chi connectivity index (χ0n) is 10.3. The molecule has 0 saturated carbocycles. The summed E-state index contributed by atoms with van der Waals surface area (Å²) in [5, 5.41) is 15.8. The van der Waals surface area contributed by atoms with E-state index in [1.165, 1.54) is 4.52 Å². The molecule has 2 N–H and O–H groups in total. The Hall–Kier alpha value is -2.02. The van der Waals surface area contributed by atoms with Gasteiger partial charge in [0.15, 0.2) is 0 Å². The number of amides is 1. The second-order valence-electron chi connectivity index (χ2n) is 3.99. The van der Waals surface area contributed by atoms with Crippen LogP contribution in [0.5, 0.6) is 0 Å². The molecule has 2 heterocycles. The highest BCUT2D eigenvalue weighted by Gasteiger charge is 2.17. The Morgan fingerprint density at radius 2 is 2.39 bits per heavy atom. The van der Waals surface area contributed by atoms with E-state index in [2.05, 4.69) is 20.4 Å². The minimum Gasteiger partial charge on any atom is -0.394 e. The van der Waals surface area contributed by atoms with Gasteiger partial charge in [0.25, 0.3) is 11.7 Å². The number of aromatic nitrogens is 4. The first-order chi connectivity index (χ1) is 8.65. The average Bonchev–Trinajstić information content (AvgIpc) is 2.81. The first-order valence-electron chi connectivity index (χ1n) is 5.75. The highest BCUT2D eigenvalue weighted by atomic mass is 16.3. The van der Waals surface area contributed by atoms with Gasteiger partial charge in [-0.2, -0.15) is 4.98 Å². The van der Waals surface area contributed by atoms with E-state index in [-0.39, 0.29) is 18.5 Å². The number of hydrogen-bond acceptors (Lipinski definition) is 5. The van der Waals surface area contributed by atoms with Gasteiger partial charge in [0.1, 0.15) is 0 Å². The molecule has 18 heavy (non-hydrogen) atoms. The lowest BCUT2D eigenvalue weighted by molar-refractivity contribution is 0.0904.